The summed E-state index contributed by atoms with van der Waals surface area (Å²) in [6, 6.07) is 3.42. The fourth-order valence-electron chi connectivity index (χ4n) is 3.07. The van der Waals surface area contributed by atoms with E-state index in [1.54, 1.807) is 34.5 Å². The Morgan fingerprint density at radius 3 is 2.67 bits per heavy atom. The van der Waals surface area contributed by atoms with Gasteiger partial charge in [-0.3, -0.25) is 14.3 Å². The molecule has 0 saturated carbocycles. The summed E-state index contributed by atoms with van der Waals surface area (Å²) in [6.07, 6.45) is 3.45. The highest BCUT2D eigenvalue weighted by Crippen LogP contribution is 2.14. The Balaban J connectivity index is 1.99. The average molecular weight is 373 g/mol. The summed E-state index contributed by atoms with van der Waals surface area (Å²) in [5.74, 6) is -0.0501. The number of aromatic nitrogens is 5. The second-order valence-corrected chi connectivity index (χ2v) is 6.29. The molecule has 0 aliphatic carbocycles. The Hall–Kier alpha value is -3.10. The molecule has 0 aliphatic heterocycles. The van der Waals surface area contributed by atoms with E-state index in [1.165, 1.54) is 4.57 Å². The number of carbonyl (C=O) groups is 1. The van der Waals surface area contributed by atoms with Crippen molar-refractivity contribution in [2.75, 3.05) is 0 Å². The number of nitrogens with one attached hydrogen (secondary N) is 1. The Bertz CT molecular complexity index is 1090. The van der Waals surface area contributed by atoms with Crippen molar-refractivity contribution in [1.29, 1.82) is 0 Å². The zero-order valence-corrected chi connectivity index (χ0v) is 15.7. The van der Waals surface area contributed by atoms with E-state index in [-0.39, 0.29) is 6.61 Å². The molecule has 27 heavy (non-hydrogen) atoms. The van der Waals surface area contributed by atoms with E-state index in [0.717, 1.165) is 12.8 Å². The zero-order valence-electron chi connectivity index (χ0n) is 15.7. The summed E-state index contributed by atoms with van der Waals surface area (Å²) in [5.41, 5.74) is 0.0973. The Labute approximate surface area is 155 Å². The third-order valence-corrected chi connectivity index (χ3v) is 4.50. The predicted octanol–water partition coefficient (Wildman–Crippen LogP) is 1.40. The summed E-state index contributed by atoms with van der Waals surface area (Å²) in [4.78, 5) is 43.6. The Kier molecular flexibility index (Phi) is 5.29. The lowest BCUT2D eigenvalue weighted by Crippen LogP contribution is -2.31. The largest absolute Gasteiger partial charge is 0.453 e. The summed E-state index contributed by atoms with van der Waals surface area (Å²) in [7, 11) is 1.75. The molecule has 0 atom stereocenters. The van der Waals surface area contributed by atoms with Crippen LogP contribution < -0.4 is 11.2 Å². The molecule has 3 aromatic heterocycles. The van der Waals surface area contributed by atoms with Crippen LogP contribution in [0.5, 0.6) is 0 Å². The predicted molar refractivity (Wildman–Crippen MR) is 99.7 cm³/mol. The fourth-order valence-corrected chi connectivity index (χ4v) is 3.07. The number of rotatable bonds is 7. The lowest BCUT2D eigenvalue weighted by molar-refractivity contribution is 0.0447. The molecule has 9 heteroatoms. The molecule has 0 saturated heterocycles. The number of ether oxygens (including phenoxy) is 1. The highest BCUT2D eigenvalue weighted by Gasteiger charge is 2.19. The van der Waals surface area contributed by atoms with Crippen molar-refractivity contribution >= 4 is 17.1 Å². The number of H-pyrrole nitrogens is 1. The molecule has 0 radical (unpaired) electrons. The van der Waals surface area contributed by atoms with Gasteiger partial charge in [-0.05, 0) is 25.5 Å². The quantitative estimate of drug-likeness (QED) is 0.631. The number of unbranched alkanes of at least 4 members (excludes halogenated alkanes) is 1. The van der Waals surface area contributed by atoms with Gasteiger partial charge >= 0.3 is 11.7 Å². The maximum Gasteiger partial charge on any atom is 0.355 e. The van der Waals surface area contributed by atoms with Gasteiger partial charge in [-0.1, -0.05) is 13.3 Å². The van der Waals surface area contributed by atoms with Crippen LogP contribution in [-0.4, -0.2) is 29.6 Å². The first-order chi connectivity index (χ1) is 13.0. The van der Waals surface area contributed by atoms with E-state index in [9.17, 15) is 14.4 Å². The first-order valence-corrected chi connectivity index (χ1v) is 8.98. The molecule has 1 N–H and O–H groups in total. The van der Waals surface area contributed by atoms with E-state index in [0.29, 0.717) is 35.8 Å². The number of aromatic amines is 1. The molecular weight excluding hydrogens is 350 g/mol. The molecule has 3 rings (SSSR count). The van der Waals surface area contributed by atoms with E-state index in [2.05, 4.69) is 9.97 Å². The van der Waals surface area contributed by atoms with Crippen LogP contribution in [0.1, 0.15) is 43.0 Å². The average Bonchev–Trinajstić information content (AvgIpc) is 3.23. The minimum Gasteiger partial charge on any atom is -0.453 e. The van der Waals surface area contributed by atoms with Gasteiger partial charge in [0.1, 0.15) is 18.1 Å². The maximum atomic E-state index is 12.3. The molecule has 0 amide bonds. The molecular formula is C18H23N5O4. The van der Waals surface area contributed by atoms with Crippen LogP contribution in [0.15, 0.2) is 27.9 Å². The number of hydrogen-bond acceptors (Lipinski definition) is 5. The van der Waals surface area contributed by atoms with Crippen LogP contribution in [0.4, 0.5) is 0 Å². The highest BCUT2D eigenvalue weighted by molar-refractivity contribution is 5.87. The lowest BCUT2D eigenvalue weighted by atomic mass is 10.3. The molecule has 144 valence electrons. The molecule has 0 spiro atoms. The zero-order chi connectivity index (χ0) is 19.6. The van der Waals surface area contributed by atoms with Gasteiger partial charge in [0.05, 0.1) is 0 Å². The van der Waals surface area contributed by atoms with Gasteiger partial charge in [0.15, 0.2) is 11.2 Å². The molecule has 0 bridgehead atoms. The van der Waals surface area contributed by atoms with E-state index < -0.39 is 17.2 Å². The van der Waals surface area contributed by atoms with Gasteiger partial charge < -0.3 is 13.9 Å². The van der Waals surface area contributed by atoms with Crippen LogP contribution in [0.25, 0.3) is 11.2 Å². The number of hydrogen-bond donors (Lipinski definition) is 1. The van der Waals surface area contributed by atoms with Gasteiger partial charge in [-0.2, -0.15) is 0 Å². The van der Waals surface area contributed by atoms with Crippen molar-refractivity contribution < 1.29 is 9.53 Å². The van der Waals surface area contributed by atoms with Crippen LogP contribution >= 0.6 is 0 Å². The molecule has 0 aromatic carbocycles. The summed E-state index contributed by atoms with van der Waals surface area (Å²) < 4.78 is 10.2. The number of nitrogens with zero attached hydrogens (tertiary/aromatic N) is 4. The highest BCUT2D eigenvalue weighted by atomic mass is 16.5. The SMILES string of the molecule is CCCCn1c(=O)[nH]c(=O)c2c1nc(COC(=O)c1cccn1C)n2CC. The Morgan fingerprint density at radius 2 is 2.04 bits per heavy atom. The summed E-state index contributed by atoms with van der Waals surface area (Å²) >= 11 is 0. The molecule has 0 unspecified atom stereocenters. The Morgan fingerprint density at radius 1 is 1.26 bits per heavy atom. The standard InChI is InChI=1S/C18H23N5O4/c1-4-6-10-23-15-14(16(24)20-18(23)26)22(5-2)13(19-15)11-27-17(25)12-8-7-9-21(12)3/h7-9H,4-6,10-11H2,1-3H3,(H,20,24,26). The van der Waals surface area contributed by atoms with Crippen LogP contribution in [0, 0.1) is 0 Å². The van der Waals surface area contributed by atoms with E-state index >= 15 is 0 Å². The van der Waals surface area contributed by atoms with Gasteiger partial charge in [0.25, 0.3) is 5.56 Å². The summed E-state index contributed by atoms with van der Waals surface area (Å²) in [5, 5.41) is 0. The first-order valence-electron chi connectivity index (χ1n) is 8.98. The fraction of sp³-hybridized carbons (Fsp3) is 0.444. The van der Waals surface area contributed by atoms with Gasteiger partial charge in [-0.25, -0.2) is 14.6 Å². The topological polar surface area (TPSA) is 104 Å². The third-order valence-electron chi connectivity index (χ3n) is 4.50. The van der Waals surface area contributed by atoms with Crippen LogP contribution in [0.2, 0.25) is 0 Å². The molecule has 9 nitrogen and oxygen atoms in total. The lowest BCUT2D eigenvalue weighted by Gasteiger charge is -2.07. The van der Waals surface area contributed by atoms with Crippen molar-refractivity contribution in [2.24, 2.45) is 7.05 Å². The van der Waals surface area contributed by atoms with Crippen molar-refractivity contribution in [3.05, 3.63) is 50.7 Å². The maximum absolute atomic E-state index is 12.3. The van der Waals surface area contributed by atoms with Crippen LogP contribution in [0.3, 0.4) is 0 Å². The second kappa shape index (κ2) is 7.65. The number of esters is 1. The van der Waals surface area contributed by atoms with Gasteiger partial charge in [-0.15, -0.1) is 0 Å². The molecule has 0 fully saturated rings. The van der Waals surface area contributed by atoms with E-state index in [4.69, 9.17) is 4.74 Å². The number of carbonyl (C=O) groups excluding carboxylic acids is 1. The van der Waals surface area contributed by atoms with Crippen molar-refractivity contribution in [3.63, 3.8) is 0 Å². The van der Waals surface area contributed by atoms with Gasteiger partial charge in [0.2, 0.25) is 0 Å². The number of imidazole rings is 1. The molecule has 0 aliphatic rings. The minimum absolute atomic E-state index is 0.0893. The van der Waals surface area contributed by atoms with Crippen molar-refractivity contribution in [2.45, 2.75) is 46.4 Å². The number of aryl methyl sites for hydroxylation is 3. The van der Waals surface area contributed by atoms with Crippen molar-refractivity contribution in [1.82, 2.24) is 23.7 Å². The number of fused-ring (bicyclic) bond motifs is 1. The third kappa shape index (κ3) is 3.44. The monoisotopic (exact) mass is 373 g/mol. The smallest absolute Gasteiger partial charge is 0.355 e. The first kappa shape index (κ1) is 18.7. The molecule has 3 aromatic rings. The summed E-state index contributed by atoms with van der Waals surface area (Å²) in [6.45, 7) is 4.72. The van der Waals surface area contributed by atoms with E-state index in [1.807, 2.05) is 13.8 Å². The second-order valence-electron chi connectivity index (χ2n) is 6.29. The minimum atomic E-state index is -0.489. The molecule has 3 heterocycles. The normalized spacial score (nSPS) is 11.2. The van der Waals surface area contributed by atoms with Crippen LogP contribution in [-0.2, 0) is 31.5 Å². The van der Waals surface area contributed by atoms with Gasteiger partial charge in [0, 0.05) is 26.3 Å². The van der Waals surface area contributed by atoms with Crippen molar-refractivity contribution in [3.8, 4) is 0 Å².